The van der Waals surface area contributed by atoms with Gasteiger partial charge in [-0.3, -0.25) is 4.79 Å². The summed E-state index contributed by atoms with van der Waals surface area (Å²) in [5, 5.41) is 13.0. The molecule has 140 valence electrons. The van der Waals surface area contributed by atoms with E-state index < -0.39 is 12.0 Å². The summed E-state index contributed by atoms with van der Waals surface area (Å²) in [6.45, 7) is 0.472. The molecule has 0 fully saturated rings. The molecule has 1 heterocycles. The normalized spacial score (nSPS) is 11.9. The van der Waals surface area contributed by atoms with Crippen LogP contribution in [0.25, 0.3) is 10.9 Å². The molecule has 2 aromatic carbocycles. The SMILES string of the molecule is COc1ccc2c(ccn2CCC(=O)N[C@H](Cc2ccccc2)C(=O)O)c1. The molecule has 0 spiro atoms. The van der Waals surface area contributed by atoms with Crippen molar-refractivity contribution in [3.63, 3.8) is 0 Å². The van der Waals surface area contributed by atoms with Crippen LogP contribution in [-0.4, -0.2) is 34.7 Å². The summed E-state index contributed by atoms with van der Waals surface area (Å²) in [4.78, 5) is 23.7. The molecule has 0 unspecified atom stereocenters. The Bertz CT molecular complexity index is 934. The van der Waals surface area contributed by atoms with Crippen molar-refractivity contribution in [3.8, 4) is 5.75 Å². The Balaban J connectivity index is 1.60. The second kappa shape index (κ2) is 8.40. The average Bonchev–Trinajstić information content (AvgIpc) is 3.08. The molecule has 0 aliphatic carbocycles. The predicted molar refractivity (Wildman–Crippen MR) is 103 cm³/mol. The zero-order chi connectivity index (χ0) is 19.2. The number of hydrogen-bond donors (Lipinski definition) is 2. The lowest BCUT2D eigenvalue weighted by Crippen LogP contribution is -2.42. The number of hydrogen-bond acceptors (Lipinski definition) is 3. The maximum Gasteiger partial charge on any atom is 0.326 e. The summed E-state index contributed by atoms with van der Waals surface area (Å²) in [5.74, 6) is -0.539. The van der Waals surface area contributed by atoms with E-state index in [1.807, 2.05) is 65.4 Å². The second-order valence-electron chi connectivity index (χ2n) is 6.33. The third kappa shape index (κ3) is 4.67. The molecule has 3 rings (SSSR count). The molecular formula is C21H22N2O4. The Morgan fingerprint density at radius 1 is 1.15 bits per heavy atom. The fourth-order valence-electron chi connectivity index (χ4n) is 3.04. The first-order chi connectivity index (χ1) is 13.1. The molecule has 1 atom stereocenters. The minimum absolute atomic E-state index is 0.203. The monoisotopic (exact) mass is 366 g/mol. The van der Waals surface area contributed by atoms with Crippen LogP contribution in [0.2, 0.25) is 0 Å². The van der Waals surface area contributed by atoms with Gasteiger partial charge in [0.1, 0.15) is 11.8 Å². The Morgan fingerprint density at radius 3 is 2.63 bits per heavy atom. The van der Waals surface area contributed by atoms with Crippen molar-refractivity contribution < 1.29 is 19.4 Å². The van der Waals surface area contributed by atoms with Gasteiger partial charge in [0, 0.05) is 36.5 Å². The van der Waals surface area contributed by atoms with Gasteiger partial charge in [-0.2, -0.15) is 0 Å². The van der Waals surface area contributed by atoms with E-state index in [2.05, 4.69) is 5.32 Å². The maximum atomic E-state index is 12.3. The Morgan fingerprint density at radius 2 is 1.93 bits per heavy atom. The van der Waals surface area contributed by atoms with Gasteiger partial charge in [0.2, 0.25) is 5.91 Å². The summed E-state index contributed by atoms with van der Waals surface area (Å²) in [6.07, 6.45) is 2.37. The first-order valence-corrected chi connectivity index (χ1v) is 8.76. The van der Waals surface area contributed by atoms with E-state index in [0.717, 1.165) is 22.2 Å². The van der Waals surface area contributed by atoms with Crippen LogP contribution in [0, 0.1) is 0 Å². The Labute approximate surface area is 157 Å². The topological polar surface area (TPSA) is 80.6 Å². The number of aromatic nitrogens is 1. The molecule has 3 aromatic rings. The van der Waals surface area contributed by atoms with Crippen molar-refractivity contribution in [3.05, 3.63) is 66.4 Å². The molecular weight excluding hydrogens is 344 g/mol. The van der Waals surface area contributed by atoms with Crippen LogP contribution >= 0.6 is 0 Å². The van der Waals surface area contributed by atoms with E-state index in [1.165, 1.54) is 0 Å². The minimum Gasteiger partial charge on any atom is -0.497 e. The standard InChI is InChI=1S/C21H22N2O4/c1-27-17-7-8-19-16(14-17)9-11-23(19)12-10-20(24)22-18(21(25)26)13-15-5-3-2-4-6-15/h2-9,11,14,18H,10,12-13H2,1H3,(H,22,24)(H,25,26)/t18-/m1/s1. The number of carbonyl (C=O) groups is 2. The maximum absolute atomic E-state index is 12.3. The van der Waals surface area contributed by atoms with Gasteiger partial charge in [-0.25, -0.2) is 4.79 Å². The Hall–Kier alpha value is -3.28. The highest BCUT2D eigenvalue weighted by Crippen LogP contribution is 2.22. The lowest BCUT2D eigenvalue weighted by atomic mass is 10.1. The summed E-state index contributed by atoms with van der Waals surface area (Å²) in [5.41, 5.74) is 1.87. The van der Waals surface area contributed by atoms with Crippen LogP contribution in [-0.2, 0) is 22.6 Å². The van der Waals surface area contributed by atoms with Gasteiger partial charge in [-0.1, -0.05) is 30.3 Å². The van der Waals surface area contributed by atoms with Crippen LogP contribution in [0.1, 0.15) is 12.0 Å². The van der Waals surface area contributed by atoms with E-state index in [1.54, 1.807) is 7.11 Å². The van der Waals surface area contributed by atoms with Crippen molar-refractivity contribution in [1.29, 1.82) is 0 Å². The third-order valence-electron chi connectivity index (χ3n) is 4.47. The largest absolute Gasteiger partial charge is 0.497 e. The zero-order valence-electron chi connectivity index (χ0n) is 15.1. The molecule has 0 saturated heterocycles. The van der Waals surface area contributed by atoms with Crippen LogP contribution in [0.15, 0.2) is 60.8 Å². The molecule has 0 aliphatic heterocycles. The first kappa shape index (κ1) is 18.5. The van der Waals surface area contributed by atoms with E-state index in [0.29, 0.717) is 6.54 Å². The molecule has 6 heteroatoms. The molecule has 27 heavy (non-hydrogen) atoms. The quantitative estimate of drug-likeness (QED) is 0.642. The average molecular weight is 366 g/mol. The van der Waals surface area contributed by atoms with E-state index >= 15 is 0 Å². The number of carbonyl (C=O) groups excluding carboxylic acids is 1. The number of ether oxygens (including phenoxy) is 1. The molecule has 0 aliphatic rings. The van der Waals surface area contributed by atoms with Gasteiger partial charge in [0.25, 0.3) is 0 Å². The lowest BCUT2D eigenvalue weighted by Gasteiger charge is -2.15. The highest BCUT2D eigenvalue weighted by atomic mass is 16.5. The third-order valence-corrected chi connectivity index (χ3v) is 4.47. The van der Waals surface area contributed by atoms with E-state index in [-0.39, 0.29) is 18.7 Å². The molecule has 0 bridgehead atoms. The number of benzene rings is 2. The fraction of sp³-hybridized carbons (Fsp3) is 0.238. The summed E-state index contributed by atoms with van der Waals surface area (Å²) in [6, 6.07) is 16.0. The number of nitrogens with one attached hydrogen (secondary N) is 1. The van der Waals surface area contributed by atoms with Gasteiger partial charge < -0.3 is 19.7 Å². The number of aryl methyl sites for hydroxylation is 1. The number of methoxy groups -OCH3 is 1. The summed E-state index contributed by atoms with van der Waals surface area (Å²) in [7, 11) is 1.62. The number of rotatable bonds is 8. The molecule has 1 amide bonds. The van der Waals surface area contributed by atoms with Gasteiger partial charge in [-0.05, 0) is 29.8 Å². The summed E-state index contributed by atoms with van der Waals surface area (Å²) >= 11 is 0. The molecule has 0 radical (unpaired) electrons. The predicted octanol–water partition coefficient (Wildman–Crippen LogP) is 2.85. The van der Waals surface area contributed by atoms with Crippen LogP contribution in [0.5, 0.6) is 5.75 Å². The van der Waals surface area contributed by atoms with Crippen molar-refractivity contribution in [2.24, 2.45) is 0 Å². The van der Waals surface area contributed by atoms with Crippen molar-refractivity contribution in [2.45, 2.75) is 25.4 Å². The number of amides is 1. The van der Waals surface area contributed by atoms with Crippen LogP contribution in [0.4, 0.5) is 0 Å². The highest BCUT2D eigenvalue weighted by molar-refractivity contribution is 5.84. The van der Waals surface area contributed by atoms with E-state index in [4.69, 9.17) is 4.74 Å². The van der Waals surface area contributed by atoms with Gasteiger partial charge in [-0.15, -0.1) is 0 Å². The summed E-state index contributed by atoms with van der Waals surface area (Å²) < 4.78 is 7.19. The lowest BCUT2D eigenvalue weighted by molar-refractivity contribution is -0.141. The smallest absolute Gasteiger partial charge is 0.326 e. The van der Waals surface area contributed by atoms with Crippen molar-refractivity contribution in [1.82, 2.24) is 9.88 Å². The molecule has 0 saturated carbocycles. The minimum atomic E-state index is -1.04. The van der Waals surface area contributed by atoms with Gasteiger partial charge in [0.15, 0.2) is 0 Å². The van der Waals surface area contributed by atoms with Gasteiger partial charge >= 0.3 is 5.97 Å². The molecule has 1 aromatic heterocycles. The van der Waals surface area contributed by atoms with Crippen LogP contribution in [0.3, 0.4) is 0 Å². The number of carboxylic acid groups (broad SMARTS) is 1. The first-order valence-electron chi connectivity index (χ1n) is 8.76. The molecule has 2 N–H and O–H groups in total. The number of nitrogens with zero attached hydrogens (tertiary/aromatic N) is 1. The number of carboxylic acids is 1. The Kier molecular flexibility index (Phi) is 5.76. The van der Waals surface area contributed by atoms with Crippen LogP contribution < -0.4 is 10.1 Å². The molecule has 6 nitrogen and oxygen atoms in total. The fourth-order valence-corrected chi connectivity index (χ4v) is 3.04. The zero-order valence-corrected chi connectivity index (χ0v) is 15.1. The van der Waals surface area contributed by atoms with Crippen molar-refractivity contribution in [2.75, 3.05) is 7.11 Å². The highest BCUT2D eigenvalue weighted by Gasteiger charge is 2.20. The number of fused-ring (bicyclic) bond motifs is 1. The van der Waals surface area contributed by atoms with Crippen molar-refractivity contribution >= 4 is 22.8 Å². The number of aliphatic carboxylic acids is 1. The second-order valence-corrected chi connectivity index (χ2v) is 6.33. The van der Waals surface area contributed by atoms with E-state index in [9.17, 15) is 14.7 Å². The van der Waals surface area contributed by atoms with Gasteiger partial charge in [0.05, 0.1) is 7.11 Å².